The molecule has 1 unspecified atom stereocenters. The van der Waals surface area contributed by atoms with Crippen LogP contribution in [-0.4, -0.2) is 43.4 Å². The number of piperidine rings is 1. The summed E-state index contributed by atoms with van der Waals surface area (Å²) in [4.78, 5) is 3.71. The molecule has 1 aromatic rings. The number of nitrogens with one attached hydrogen (secondary N) is 1. The van der Waals surface area contributed by atoms with Crippen LogP contribution in [0, 0.1) is 5.82 Å². The number of likely N-dealkylation sites (N-methyl/N-ethyl adjacent to an activating group) is 1. The van der Waals surface area contributed by atoms with E-state index in [0.717, 1.165) is 31.9 Å². The third kappa shape index (κ3) is 3.16. The standard InChI is InChI=1S/C13H20FN3O2S/c1-2-15-10-11-6-3-4-9-17(11)20(18,19)13-12(14)7-5-8-16-13/h5,7-8,11,15H,2-4,6,9-10H2,1H3. The van der Waals surface area contributed by atoms with E-state index in [1.54, 1.807) is 0 Å². The van der Waals surface area contributed by atoms with Crippen molar-refractivity contribution >= 4 is 10.0 Å². The van der Waals surface area contributed by atoms with Crippen molar-refractivity contribution in [2.75, 3.05) is 19.6 Å². The molecule has 1 aliphatic heterocycles. The van der Waals surface area contributed by atoms with Crippen LogP contribution in [0.25, 0.3) is 0 Å². The lowest BCUT2D eigenvalue weighted by Gasteiger charge is -2.34. The predicted octanol–water partition coefficient (Wildman–Crippen LogP) is 1.37. The normalized spacial score (nSPS) is 21.0. The Bertz CT molecular complexity index is 550. The molecular formula is C13H20FN3O2S. The van der Waals surface area contributed by atoms with Crippen LogP contribution in [0.3, 0.4) is 0 Å². The maximum atomic E-state index is 13.7. The van der Waals surface area contributed by atoms with Gasteiger partial charge in [-0.25, -0.2) is 17.8 Å². The first-order valence-corrected chi connectivity index (χ1v) is 8.34. The summed E-state index contributed by atoms with van der Waals surface area (Å²) >= 11 is 0. The van der Waals surface area contributed by atoms with Gasteiger partial charge in [-0.3, -0.25) is 0 Å². The third-order valence-electron chi connectivity index (χ3n) is 3.48. The number of aromatic nitrogens is 1. The first kappa shape index (κ1) is 15.3. The van der Waals surface area contributed by atoms with Crippen molar-refractivity contribution in [2.45, 2.75) is 37.3 Å². The molecule has 112 valence electrons. The topological polar surface area (TPSA) is 62.3 Å². The zero-order valence-electron chi connectivity index (χ0n) is 11.5. The van der Waals surface area contributed by atoms with E-state index in [4.69, 9.17) is 0 Å². The number of sulfonamides is 1. The Labute approximate surface area is 119 Å². The Morgan fingerprint density at radius 3 is 3.00 bits per heavy atom. The zero-order chi connectivity index (χ0) is 14.6. The molecule has 1 atom stereocenters. The van der Waals surface area contributed by atoms with Gasteiger partial charge in [0.15, 0.2) is 5.82 Å². The molecule has 0 amide bonds. The van der Waals surface area contributed by atoms with Gasteiger partial charge < -0.3 is 5.32 Å². The SMILES string of the molecule is CCNCC1CCCCN1S(=O)(=O)c1ncccc1F. The molecule has 0 aromatic carbocycles. The fourth-order valence-electron chi connectivity index (χ4n) is 2.48. The van der Waals surface area contributed by atoms with Gasteiger partial charge in [0, 0.05) is 25.3 Å². The van der Waals surface area contributed by atoms with E-state index >= 15 is 0 Å². The second-order valence-electron chi connectivity index (χ2n) is 4.86. The molecule has 1 saturated heterocycles. The van der Waals surface area contributed by atoms with Crippen molar-refractivity contribution in [3.05, 3.63) is 24.1 Å². The van der Waals surface area contributed by atoms with Gasteiger partial charge in [0.25, 0.3) is 10.0 Å². The van der Waals surface area contributed by atoms with Crippen LogP contribution in [0.1, 0.15) is 26.2 Å². The predicted molar refractivity (Wildman–Crippen MR) is 74.3 cm³/mol. The second kappa shape index (κ2) is 6.60. The molecule has 0 radical (unpaired) electrons. The van der Waals surface area contributed by atoms with Gasteiger partial charge in [0.1, 0.15) is 0 Å². The van der Waals surface area contributed by atoms with E-state index in [2.05, 4.69) is 10.3 Å². The molecule has 2 heterocycles. The summed E-state index contributed by atoms with van der Waals surface area (Å²) in [6.07, 6.45) is 3.89. The maximum Gasteiger partial charge on any atom is 0.263 e. The molecule has 1 aromatic heterocycles. The van der Waals surface area contributed by atoms with E-state index < -0.39 is 20.9 Å². The lowest BCUT2D eigenvalue weighted by atomic mass is 10.1. The highest BCUT2D eigenvalue weighted by Crippen LogP contribution is 2.25. The van der Waals surface area contributed by atoms with Crippen molar-refractivity contribution in [1.29, 1.82) is 0 Å². The van der Waals surface area contributed by atoms with Crippen molar-refractivity contribution in [3.8, 4) is 0 Å². The van der Waals surface area contributed by atoms with Crippen molar-refractivity contribution < 1.29 is 12.8 Å². The number of hydrogen-bond donors (Lipinski definition) is 1. The van der Waals surface area contributed by atoms with E-state index in [9.17, 15) is 12.8 Å². The second-order valence-corrected chi connectivity index (χ2v) is 6.67. The van der Waals surface area contributed by atoms with Crippen LogP contribution in [0.2, 0.25) is 0 Å². The Morgan fingerprint density at radius 1 is 1.50 bits per heavy atom. The molecule has 0 bridgehead atoms. The van der Waals surface area contributed by atoms with E-state index in [0.29, 0.717) is 13.1 Å². The van der Waals surface area contributed by atoms with Gasteiger partial charge in [0.05, 0.1) is 0 Å². The Balaban J connectivity index is 2.28. The molecule has 1 aliphatic rings. The molecule has 1 fully saturated rings. The van der Waals surface area contributed by atoms with E-state index in [-0.39, 0.29) is 6.04 Å². The van der Waals surface area contributed by atoms with Gasteiger partial charge in [-0.2, -0.15) is 4.31 Å². The molecule has 7 heteroatoms. The van der Waals surface area contributed by atoms with Gasteiger partial charge in [0.2, 0.25) is 5.03 Å². The number of rotatable bonds is 5. The van der Waals surface area contributed by atoms with Crippen LogP contribution in [0.4, 0.5) is 4.39 Å². The van der Waals surface area contributed by atoms with Gasteiger partial charge in [-0.15, -0.1) is 0 Å². The van der Waals surface area contributed by atoms with Crippen LogP contribution in [-0.2, 0) is 10.0 Å². The van der Waals surface area contributed by atoms with Crippen LogP contribution < -0.4 is 5.32 Å². The van der Waals surface area contributed by atoms with Gasteiger partial charge in [-0.05, 0) is 31.5 Å². The summed E-state index contributed by atoms with van der Waals surface area (Å²) in [5.41, 5.74) is 0. The third-order valence-corrected chi connectivity index (χ3v) is 5.37. The molecular weight excluding hydrogens is 281 g/mol. The first-order chi connectivity index (χ1) is 9.57. The summed E-state index contributed by atoms with van der Waals surface area (Å²) in [6.45, 7) is 3.76. The van der Waals surface area contributed by atoms with E-state index in [1.807, 2.05) is 6.92 Å². The zero-order valence-corrected chi connectivity index (χ0v) is 12.4. The summed E-state index contributed by atoms with van der Waals surface area (Å²) < 4.78 is 40.3. The lowest BCUT2D eigenvalue weighted by molar-refractivity contribution is 0.245. The van der Waals surface area contributed by atoms with Gasteiger partial charge in [-0.1, -0.05) is 13.3 Å². The van der Waals surface area contributed by atoms with Crippen LogP contribution in [0.5, 0.6) is 0 Å². The lowest BCUT2D eigenvalue weighted by Crippen LogP contribution is -2.48. The molecule has 2 rings (SSSR count). The smallest absolute Gasteiger partial charge is 0.263 e. The quantitative estimate of drug-likeness (QED) is 0.892. The molecule has 0 saturated carbocycles. The minimum absolute atomic E-state index is 0.130. The fourth-order valence-corrected chi connectivity index (χ4v) is 4.15. The highest BCUT2D eigenvalue weighted by atomic mass is 32.2. The average molecular weight is 301 g/mol. The molecule has 20 heavy (non-hydrogen) atoms. The summed E-state index contributed by atoms with van der Waals surface area (Å²) in [5.74, 6) is -0.791. The molecule has 0 aliphatic carbocycles. The van der Waals surface area contributed by atoms with Crippen molar-refractivity contribution in [3.63, 3.8) is 0 Å². The number of hydrogen-bond acceptors (Lipinski definition) is 4. The Morgan fingerprint density at radius 2 is 2.30 bits per heavy atom. The maximum absolute atomic E-state index is 13.7. The van der Waals surface area contributed by atoms with Crippen molar-refractivity contribution in [1.82, 2.24) is 14.6 Å². The minimum atomic E-state index is -3.87. The average Bonchev–Trinajstić information content (AvgIpc) is 2.45. The highest BCUT2D eigenvalue weighted by Gasteiger charge is 2.35. The highest BCUT2D eigenvalue weighted by molar-refractivity contribution is 7.89. The Hall–Kier alpha value is -1.05. The Kier molecular flexibility index (Phi) is 5.06. The molecule has 5 nitrogen and oxygen atoms in total. The summed E-state index contributed by atoms with van der Waals surface area (Å²) in [5, 5.41) is 2.70. The largest absolute Gasteiger partial charge is 0.315 e. The summed E-state index contributed by atoms with van der Waals surface area (Å²) in [6, 6.07) is 2.39. The van der Waals surface area contributed by atoms with Crippen molar-refractivity contribution in [2.24, 2.45) is 0 Å². The molecule has 0 spiro atoms. The van der Waals surface area contributed by atoms with E-state index in [1.165, 1.54) is 16.6 Å². The number of nitrogens with zero attached hydrogens (tertiary/aromatic N) is 2. The fraction of sp³-hybridized carbons (Fsp3) is 0.615. The van der Waals surface area contributed by atoms with Crippen LogP contribution in [0.15, 0.2) is 23.4 Å². The monoisotopic (exact) mass is 301 g/mol. The summed E-state index contributed by atoms with van der Waals surface area (Å²) in [7, 11) is -3.87. The number of halogens is 1. The minimum Gasteiger partial charge on any atom is -0.315 e. The number of pyridine rings is 1. The first-order valence-electron chi connectivity index (χ1n) is 6.90. The molecule has 1 N–H and O–H groups in total. The van der Waals surface area contributed by atoms with Crippen LogP contribution >= 0.6 is 0 Å². The van der Waals surface area contributed by atoms with Gasteiger partial charge >= 0.3 is 0 Å².